The molecule has 0 aliphatic heterocycles. The molecule has 0 saturated carbocycles. The van der Waals surface area contributed by atoms with Crippen LogP contribution in [-0.4, -0.2) is 42.2 Å². The number of alkyl halides is 3. The van der Waals surface area contributed by atoms with E-state index >= 15 is 0 Å². The maximum atomic E-state index is 12.7. The molecular formula is C20H19F3N2O7. The first-order valence-electron chi connectivity index (χ1n) is 9.02. The van der Waals surface area contributed by atoms with Crippen LogP contribution < -0.4 is 10.1 Å². The Hall–Kier alpha value is -3.67. The second-order valence-electron chi connectivity index (χ2n) is 6.56. The van der Waals surface area contributed by atoms with Crippen molar-refractivity contribution in [3.8, 4) is 5.75 Å². The molecule has 12 heteroatoms. The monoisotopic (exact) mass is 456 g/mol. The van der Waals surface area contributed by atoms with Gasteiger partial charge in [0.05, 0.1) is 24.7 Å². The third-order valence-corrected chi connectivity index (χ3v) is 4.50. The van der Waals surface area contributed by atoms with E-state index in [-0.39, 0.29) is 29.0 Å². The Balaban J connectivity index is 2.24. The van der Waals surface area contributed by atoms with Gasteiger partial charge in [0.15, 0.2) is 6.10 Å². The number of aliphatic hydroxyl groups is 1. The minimum Gasteiger partial charge on any atom is -0.496 e. The van der Waals surface area contributed by atoms with Crippen molar-refractivity contribution in [1.82, 2.24) is 5.32 Å². The third-order valence-electron chi connectivity index (χ3n) is 4.50. The number of esters is 1. The molecule has 2 atom stereocenters. The summed E-state index contributed by atoms with van der Waals surface area (Å²) in [6.07, 6.45) is -6.74. The number of carbonyl (C=O) groups is 2. The van der Waals surface area contributed by atoms with E-state index in [1.807, 2.05) is 0 Å². The van der Waals surface area contributed by atoms with E-state index in [2.05, 4.69) is 10.1 Å². The predicted molar refractivity (Wildman–Crippen MR) is 104 cm³/mol. The molecule has 9 nitrogen and oxygen atoms in total. The number of amides is 1. The van der Waals surface area contributed by atoms with Gasteiger partial charge in [-0.1, -0.05) is 12.1 Å². The number of hydrogen-bond acceptors (Lipinski definition) is 7. The summed E-state index contributed by atoms with van der Waals surface area (Å²) in [6.45, 7) is 0. The molecule has 172 valence electrons. The molecule has 0 unspecified atom stereocenters. The minimum absolute atomic E-state index is 0.132. The fourth-order valence-electron chi connectivity index (χ4n) is 2.85. The molecular weight excluding hydrogens is 437 g/mol. The standard InChI is InChI=1S/C20H19F3N2O7/c1-31-16-8-7-14(25(29)30)9-12(16)10-15(19(28)32-2)24-18(27)17(26)11-3-5-13(6-4-11)20(21,22)23/h3-9,15,17,26H,10H2,1-2H3,(H,24,27)/t15-,17+/m0/s1. The van der Waals surface area contributed by atoms with Gasteiger partial charge in [-0.15, -0.1) is 0 Å². The number of nitrogens with one attached hydrogen (secondary N) is 1. The van der Waals surface area contributed by atoms with Crippen molar-refractivity contribution in [3.63, 3.8) is 0 Å². The van der Waals surface area contributed by atoms with E-state index in [1.54, 1.807) is 0 Å². The number of methoxy groups -OCH3 is 2. The molecule has 0 spiro atoms. The maximum absolute atomic E-state index is 12.7. The van der Waals surface area contributed by atoms with E-state index in [4.69, 9.17) is 4.74 Å². The topological polar surface area (TPSA) is 128 Å². The quantitative estimate of drug-likeness (QED) is 0.355. The fraction of sp³-hybridized carbons (Fsp3) is 0.300. The van der Waals surface area contributed by atoms with Crippen LogP contribution in [0.4, 0.5) is 18.9 Å². The van der Waals surface area contributed by atoms with Gasteiger partial charge >= 0.3 is 12.1 Å². The lowest BCUT2D eigenvalue weighted by atomic mass is 10.0. The molecule has 1 amide bonds. The lowest BCUT2D eigenvalue weighted by molar-refractivity contribution is -0.384. The van der Waals surface area contributed by atoms with Gasteiger partial charge in [0.25, 0.3) is 11.6 Å². The Morgan fingerprint density at radius 1 is 1.16 bits per heavy atom. The van der Waals surface area contributed by atoms with Crippen molar-refractivity contribution >= 4 is 17.6 Å². The summed E-state index contributed by atoms with van der Waals surface area (Å²) in [5.41, 5.74) is -1.16. The first-order chi connectivity index (χ1) is 15.0. The zero-order chi connectivity index (χ0) is 24.1. The highest BCUT2D eigenvalue weighted by Crippen LogP contribution is 2.30. The van der Waals surface area contributed by atoms with E-state index < -0.39 is 40.7 Å². The minimum atomic E-state index is -4.58. The first-order valence-corrected chi connectivity index (χ1v) is 9.02. The summed E-state index contributed by atoms with van der Waals surface area (Å²) in [5.74, 6) is -1.78. The van der Waals surface area contributed by atoms with Crippen LogP contribution in [0.3, 0.4) is 0 Å². The van der Waals surface area contributed by atoms with Gasteiger partial charge in [-0.05, 0) is 23.8 Å². The zero-order valence-electron chi connectivity index (χ0n) is 16.9. The molecule has 0 aliphatic carbocycles. The van der Waals surface area contributed by atoms with Gasteiger partial charge in [-0.25, -0.2) is 4.79 Å². The molecule has 0 bridgehead atoms. The van der Waals surface area contributed by atoms with Gasteiger partial charge in [0, 0.05) is 24.1 Å². The second-order valence-corrected chi connectivity index (χ2v) is 6.56. The molecule has 0 heterocycles. The molecule has 32 heavy (non-hydrogen) atoms. The number of hydrogen-bond donors (Lipinski definition) is 2. The van der Waals surface area contributed by atoms with E-state index in [1.165, 1.54) is 19.2 Å². The molecule has 2 aromatic rings. The number of benzene rings is 2. The number of halogens is 3. The Morgan fingerprint density at radius 2 is 1.78 bits per heavy atom. The van der Waals surface area contributed by atoms with Crippen LogP contribution in [0.25, 0.3) is 0 Å². The lowest BCUT2D eigenvalue weighted by Gasteiger charge is -2.20. The summed E-state index contributed by atoms with van der Waals surface area (Å²) in [7, 11) is 2.36. The highest BCUT2D eigenvalue weighted by atomic mass is 19.4. The van der Waals surface area contributed by atoms with Gasteiger partial charge in [-0.3, -0.25) is 14.9 Å². The van der Waals surface area contributed by atoms with E-state index in [0.717, 1.165) is 25.3 Å². The molecule has 0 saturated heterocycles. The first kappa shape index (κ1) is 24.6. The van der Waals surface area contributed by atoms with Crippen LogP contribution in [0.2, 0.25) is 0 Å². The summed E-state index contributed by atoms with van der Waals surface area (Å²) in [5, 5.41) is 23.5. The highest BCUT2D eigenvalue weighted by molar-refractivity contribution is 5.87. The Morgan fingerprint density at radius 3 is 2.28 bits per heavy atom. The van der Waals surface area contributed by atoms with Crippen LogP contribution in [0, 0.1) is 10.1 Å². The fourth-order valence-corrected chi connectivity index (χ4v) is 2.85. The van der Waals surface area contributed by atoms with Crippen molar-refractivity contribution < 1.29 is 42.3 Å². The average Bonchev–Trinajstić information content (AvgIpc) is 2.76. The summed E-state index contributed by atoms with van der Waals surface area (Å²) < 4.78 is 47.8. The number of ether oxygens (including phenoxy) is 2. The smallest absolute Gasteiger partial charge is 0.416 e. The van der Waals surface area contributed by atoms with Gasteiger partial charge < -0.3 is 19.9 Å². The molecule has 2 N–H and O–H groups in total. The van der Waals surface area contributed by atoms with Crippen LogP contribution in [0.1, 0.15) is 22.8 Å². The van der Waals surface area contributed by atoms with Crippen molar-refractivity contribution in [2.24, 2.45) is 0 Å². The molecule has 2 aromatic carbocycles. The van der Waals surface area contributed by atoms with Crippen LogP contribution >= 0.6 is 0 Å². The van der Waals surface area contributed by atoms with E-state index in [0.29, 0.717) is 12.1 Å². The number of non-ortho nitro benzene ring substituents is 1. The molecule has 0 radical (unpaired) electrons. The Kier molecular flexibility index (Phi) is 7.76. The predicted octanol–water partition coefficient (Wildman–Crippen LogP) is 2.56. The zero-order valence-corrected chi connectivity index (χ0v) is 16.9. The number of nitro benzene ring substituents is 1. The molecule has 0 aliphatic rings. The largest absolute Gasteiger partial charge is 0.496 e. The number of carbonyl (C=O) groups excluding carboxylic acids is 2. The van der Waals surface area contributed by atoms with Crippen molar-refractivity contribution in [2.75, 3.05) is 14.2 Å². The van der Waals surface area contributed by atoms with Crippen molar-refractivity contribution in [3.05, 3.63) is 69.3 Å². The third kappa shape index (κ3) is 5.94. The van der Waals surface area contributed by atoms with Crippen molar-refractivity contribution in [1.29, 1.82) is 0 Å². The number of nitrogens with zero attached hydrogens (tertiary/aromatic N) is 1. The summed E-state index contributed by atoms with van der Waals surface area (Å²) in [4.78, 5) is 35.0. The average molecular weight is 456 g/mol. The number of rotatable bonds is 8. The molecule has 2 rings (SSSR count). The Labute approximate surface area is 179 Å². The molecule has 0 fully saturated rings. The summed E-state index contributed by atoms with van der Waals surface area (Å²) >= 11 is 0. The number of nitro groups is 1. The maximum Gasteiger partial charge on any atom is 0.416 e. The lowest BCUT2D eigenvalue weighted by Crippen LogP contribution is -2.45. The van der Waals surface area contributed by atoms with E-state index in [9.17, 15) is 38.0 Å². The molecule has 0 aromatic heterocycles. The number of aliphatic hydroxyl groups excluding tert-OH is 1. The van der Waals surface area contributed by atoms with Crippen LogP contribution in [-0.2, 0) is 26.9 Å². The van der Waals surface area contributed by atoms with Gasteiger partial charge in [-0.2, -0.15) is 13.2 Å². The SMILES string of the molecule is COC(=O)[C@H](Cc1cc([N+](=O)[O-])ccc1OC)NC(=O)[C@H](O)c1ccc(C(F)(F)F)cc1. The van der Waals surface area contributed by atoms with Gasteiger partial charge in [0.2, 0.25) is 0 Å². The van der Waals surface area contributed by atoms with Crippen LogP contribution in [0.5, 0.6) is 5.75 Å². The summed E-state index contributed by atoms with van der Waals surface area (Å²) in [6, 6.07) is 5.59. The van der Waals surface area contributed by atoms with Crippen LogP contribution in [0.15, 0.2) is 42.5 Å². The van der Waals surface area contributed by atoms with Crippen molar-refractivity contribution in [2.45, 2.75) is 24.7 Å². The second kappa shape index (κ2) is 10.1. The normalized spacial score (nSPS) is 13.1. The van der Waals surface area contributed by atoms with Gasteiger partial charge in [0.1, 0.15) is 11.8 Å². The highest BCUT2D eigenvalue weighted by Gasteiger charge is 2.31. The Bertz CT molecular complexity index is 994.